The number of benzene rings is 2. The number of hydrogen-bond donors (Lipinski definition) is 0. The van der Waals surface area contributed by atoms with E-state index in [4.69, 9.17) is 4.18 Å². The second-order valence-electron chi connectivity index (χ2n) is 3.39. The Bertz CT molecular complexity index is 609. The Hall–Kier alpha value is -1.38. The van der Waals surface area contributed by atoms with Gasteiger partial charge in [-0.25, -0.2) is 0 Å². The first kappa shape index (κ1) is 12.1. The number of rotatable bonds is 3. The molecule has 1 unspecified atom stereocenters. The Morgan fingerprint density at radius 2 is 1.47 bits per heavy atom. The molecule has 0 saturated carbocycles. The molecule has 0 saturated heterocycles. The molecule has 2 aromatic rings. The minimum absolute atomic E-state index is 0.161. The summed E-state index contributed by atoms with van der Waals surface area (Å²) in [6.07, 6.45) is 0. The summed E-state index contributed by atoms with van der Waals surface area (Å²) in [6.45, 7) is 0. The van der Waals surface area contributed by atoms with Gasteiger partial charge in [0.25, 0.3) is 0 Å². The molecule has 0 heterocycles. The Kier molecular flexibility index (Phi) is 3.46. The molecule has 0 fully saturated rings. The van der Waals surface area contributed by atoms with Gasteiger partial charge in [0.1, 0.15) is 10.6 Å². The van der Waals surface area contributed by atoms with Gasteiger partial charge in [-0.3, -0.25) is 0 Å². The molecule has 0 aromatic heterocycles. The monoisotopic (exact) mass is 266 g/mol. The molecule has 5 heteroatoms. The van der Waals surface area contributed by atoms with Crippen LogP contribution in [0.25, 0.3) is 0 Å². The number of hydrogen-bond acceptors (Lipinski definition) is 3. The van der Waals surface area contributed by atoms with E-state index >= 15 is 0 Å². The zero-order valence-electron chi connectivity index (χ0n) is 8.91. The molecule has 17 heavy (non-hydrogen) atoms. The summed E-state index contributed by atoms with van der Waals surface area (Å²) in [4.78, 5) is 0.161. The maximum atomic E-state index is 12.0. The third kappa shape index (κ3) is 2.84. The molecular weight excluding hydrogens is 255 g/mol. The fourth-order valence-electron chi connectivity index (χ4n) is 1.36. The number of para-hydroxylation sites is 1. The van der Waals surface area contributed by atoms with Crippen LogP contribution in [0, 0.1) is 0 Å². The van der Waals surface area contributed by atoms with E-state index < -0.39 is 10.1 Å². The quantitative estimate of drug-likeness (QED) is 0.630. The van der Waals surface area contributed by atoms with E-state index in [9.17, 15) is 8.42 Å². The lowest BCUT2D eigenvalue weighted by molar-refractivity contribution is 0.487. The van der Waals surface area contributed by atoms with Gasteiger partial charge in [0.2, 0.25) is 0 Å². The van der Waals surface area contributed by atoms with E-state index in [0.29, 0.717) is 11.1 Å². The van der Waals surface area contributed by atoms with Crippen molar-refractivity contribution in [3.8, 4) is 5.75 Å². The second kappa shape index (κ2) is 4.86. The van der Waals surface area contributed by atoms with Crippen LogP contribution in [-0.2, 0) is 10.1 Å². The lowest BCUT2D eigenvalue weighted by atomic mass is 10.3. The highest BCUT2D eigenvalue weighted by Crippen LogP contribution is 2.17. The molecule has 0 aliphatic carbocycles. The summed E-state index contributed by atoms with van der Waals surface area (Å²) in [5.41, 5.74) is 0. The molecule has 0 radical (unpaired) electrons. The second-order valence-corrected chi connectivity index (χ2v) is 5.53. The van der Waals surface area contributed by atoms with Gasteiger partial charge in [-0.15, -0.1) is 9.24 Å². The van der Waals surface area contributed by atoms with E-state index in [0.717, 1.165) is 0 Å². The van der Waals surface area contributed by atoms with E-state index in [1.165, 1.54) is 6.07 Å². The lowest BCUT2D eigenvalue weighted by Crippen LogP contribution is -2.15. The normalized spacial score (nSPS) is 11.1. The van der Waals surface area contributed by atoms with Gasteiger partial charge < -0.3 is 4.18 Å². The first-order valence-corrected chi connectivity index (χ1v) is 6.92. The maximum absolute atomic E-state index is 12.0. The molecule has 0 aliphatic rings. The van der Waals surface area contributed by atoms with Crippen LogP contribution < -0.4 is 9.49 Å². The Balaban J connectivity index is 2.36. The average Bonchev–Trinajstić information content (AvgIpc) is 2.30. The maximum Gasteiger partial charge on any atom is 0.339 e. The molecule has 0 N–H and O–H groups in total. The summed E-state index contributed by atoms with van der Waals surface area (Å²) < 4.78 is 29.0. The van der Waals surface area contributed by atoms with Gasteiger partial charge in [0.05, 0.1) is 0 Å². The van der Waals surface area contributed by atoms with Gasteiger partial charge in [0, 0.05) is 0 Å². The minimum Gasteiger partial charge on any atom is -0.379 e. The summed E-state index contributed by atoms with van der Waals surface area (Å²) in [5.74, 6) is 0.306. The fourth-order valence-corrected chi connectivity index (χ4v) is 3.05. The van der Waals surface area contributed by atoms with Gasteiger partial charge >= 0.3 is 10.1 Å². The molecular formula is C12H11O3PS. The fraction of sp³-hybridized carbons (Fsp3) is 0. The SMILES string of the molecule is O=S(=O)(Oc1ccccc1)c1ccccc1P. The molecule has 0 aliphatic heterocycles. The Morgan fingerprint density at radius 1 is 0.882 bits per heavy atom. The van der Waals surface area contributed by atoms with E-state index in [1.54, 1.807) is 48.5 Å². The van der Waals surface area contributed by atoms with Crippen LogP contribution in [0.3, 0.4) is 0 Å². The average molecular weight is 266 g/mol. The van der Waals surface area contributed by atoms with Crippen molar-refractivity contribution in [2.24, 2.45) is 0 Å². The van der Waals surface area contributed by atoms with Crippen molar-refractivity contribution in [2.75, 3.05) is 0 Å². The van der Waals surface area contributed by atoms with Crippen LogP contribution >= 0.6 is 9.24 Å². The summed E-state index contributed by atoms with van der Waals surface area (Å²) in [5, 5.41) is 0.587. The van der Waals surface area contributed by atoms with E-state index in [1.807, 2.05) is 0 Å². The highest BCUT2D eigenvalue weighted by Gasteiger charge is 2.18. The van der Waals surface area contributed by atoms with E-state index in [-0.39, 0.29) is 4.90 Å². The summed E-state index contributed by atoms with van der Waals surface area (Å²) in [7, 11) is -1.38. The zero-order valence-corrected chi connectivity index (χ0v) is 10.9. The molecule has 0 amide bonds. The van der Waals surface area contributed by atoms with Crippen LogP contribution in [0.4, 0.5) is 0 Å². The smallest absolute Gasteiger partial charge is 0.339 e. The highest BCUT2D eigenvalue weighted by molar-refractivity contribution is 7.87. The van der Waals surface area contributed by atoms with Crippen molar-refractivity contribution < 1.29 is 12.6 Å². The van der Waals surface area contributed by atoms with Crippen LogP contribution in [0.5, 0.6) is 5.75 Å². The largest absolute Gasteiger partial charge is 0.379 e. The Morgan fingerprint density at radius 3 is 2.12 bits per heavy atom. The van der Waals surface area contributed by atoms with Crippen molar-refractivity contribution in [1.29, 1.82) is 0 Å². The Labute approximate surface area is 103 Å². The lowest BCUT2D eigenvalue weighted by Gasteiger charge is -2.08. The molecule has 0 bridgehead atoms. The van der Waals surface area contributed by atoms with Crippen molar-refractivity contribution in [3.05, 3.63) is 54.6 Å². The predicted octanol–water partition coefficient (Wildman–Crippen LogP) is 1.95. The topological polar surface area (TPSA) is 43.4 Å². The van der Waals surface area contributed by atoms with Gasteiger partial charge in [0.15, 0.2) is 0 Å². The van der Waals surface area contributed by atoms with Gasteiger partial charge in [-0.2, -0.15) is 8.42 Å². The molecule has 2 aromatic carbocycles. The van der Waals surface area contributed by atoms with Crippen molar-refractivity contribution in [2.45, 2.75) is 4.90 Å². The molecule has 88 valence electrons. The van der Waals surface area contributed by atoms with Gasteiger partial charge in [-0.1, -0.05) is 36.4 Å². The van der Waals surface area contributed by atoms with Crippen LogP contribution in [0.1, 0.15) is 0 Å². The van der Waals surface area contributed by atoms with Crippen LogP contribution in [0.15, 0.2) is 59.5 Å². The van der Waals surface area contributed by atoms with Crippen molar-refractivity contribution in [1.82, 2.24) is 0 Å². The molecule has 1 atom stereocenters. The van der Waals surface area contributed by atoms with Crippen molar-refractivity contribution >= 4 is 24.7 Å². The summed E-state index contributed by atoms with van der Waals surface area (Å²) in [6, 6.07) is 15.1. The van der Waals surface area contributed by atoms with E-state index in [2.05, 4.69) is 9.24 Å². The predicted molar refractivity (Wildman–Crippen MR) is 70.0 cm³/mol. The highest BCUT2D eigenvalue weighted by atomic mass is 32.2. The van der Waals surface area contributed by atoms with Crippen LogP contribution in [-0.4, -0.2) is 8.42 Å². The third-order valence-electron chi connectivity index (χ3n) is 2.14. The first-order chi connectivity index (χ1) is 8.09. The molecule has 3 nitrogen and oxygen atoms in total. The zero-order chi connectivity index (χ0) is 12.3. The van der Waals surface area contributed by atoms with Crippen LogP contribution in [0.2, 0.25) is 0 Å². The first-order valence-electron chi connectivity index (χ1n) is 4.93. The minimum atomic E-state index is -3.76. The summed E-state index contributed by atoms with van der Waals surface area (Å²) >= 11 is 0. The third-order valence-corrected chi connectivity index (χ3v) is 4.17. The van der Waals surface area contributed by atoms with Crippen molar-refractivity contribution in [3.63, 3.8) is 0 Å². The van der Waals surface area contributed by atoms with Gasteiger partial charge in [-0.05, 0) is 23.5 Å². The molecule has 2 rings (SSSR count). The standard InChI is InChI=1S/C12H11O3PS/c13-17(14,12-9-5-4-8-11(12)16)15-10-6-2-1-3-7-10/h1-9H,16H2. The molecule has 0 spiro atoms.